The van der Waals surface area contributed by atoms with Crippen LogP contribution in [0.15, 0.2) is 0 Å². The van der Waals surface area contributed by atoms with Crippen molar-refractivity contribution in [3.8, 4) is 6.07 Å². The van der Waals surface area contributed by atoms with Crippen molar-refractivity contribution in [2.75, 3.05) is 33.2 Å². The number of hydrogen-bond acceptors (Lipinski definition) is 4. The van der Waals surface area contributed by atoms with Gasteiger partial charge in [0, 0.05) is 12.6 Å². The molecule has 0 bridgehead atoms. The van der Waals surface area contributed by atoms with Gasteiger partial charge in [0.05, 0.1) is 6.07 Å². The summed E-state index contributed by atoms with van der Waals surface area (Å²) in [5, 5.41) is 9.05. The average molecular weight is 266 g/mol. The first kappa shape index (κ1) is 16.4. The van der Waals surface area contributed by atoms with Crippen molar-refractivity contribution in [2.45, 2.75) is 57.5 Å². The first-order valence-corrected chi connectivity index (χ1v) is 7.67. The van der Waals surface area contributed by atoms with Crippen molar-refractivity contribution in [1.29, 1.82) is 5.26 Å². The van der Waals surface area contributed by atoms with Crippen LogP contribution in [0.1, 0.15) is 46.0 Å². The molecule has 0 amide bonds. The van der Waals surface area contributed by atoms with Gasteiger partial charge in [0.15, 0.2) is 0 Å². The Kier molecular flexibility index (Phi) is 6.78. The van der Waals surface area contributed by atoms with Crippen molar-refractivity contribution in [2.24, 2.45) is 5.73 Å². The van der Waals surface area contributed by atoms with Gasteiger partial charge in [0.1, 0.15) is 5.54 Å². The monoisotopic (exact) mass is 266 g/mol. The second-order valence-corrected chi connectivity index (χ2v) is 5.91. The molecule has 1 fully saturated rings. The molecule has 1 heterocycles. The van der Waals surface area contributed by atoms with Gasteiger partial charge < -0.3 is 10.6 Å². The summed E-state index contributed by atoms with van der Waals surface area (Å²) in [6, 6.07) is 2.96. The number of nitriles is 1. The number of rotatable bonds is 8. The van der Waals surface area contributed by atoms with E-state index in [0.29, 0.717) is 0 Å². The van der Waals surface area contributed by atoms with E-state index in [1.54, 1.807) is 0 Å². The fourth-order valence-corrected chi connectivity index (χ4v) is 2.95. The predicted octanol–water partition coefficient (Wildman–Crippen LogP) is 1.81. The second-order valence-electron chi connectivity index (χ2n) is 5.91. The maximum atomic E-state index is 9.05. The molecule has 1 rings (SSSR count). The van der Waals surface area contributed by atoms with Crippen molar-refractivity contribution in [3.63, 3.8) is 0 Å². The summed E-state index contributed by atoms with van der Waals surface area (Å²) < 4.78 is 0. The molecule has 2 N–H and O–H groups in total. The quantitative estimate of drug-likeness (QED) is 0.728. The van der Waals surface area contributed by atoms with Crippen molar-refractivity contribution in [1.82, 2.24) is 9.80 Å². The SMILES string of the molecule is CCN1CCCC1CN(C)CCCC(N)(C#N)CC. The van der Waals surface area contributed by atoms with E-state index < -0.39 is 5.54 Å². The Morgan fingerprint density at radius 3 is 2.79 bits per heavy atom. The Labute approximate surface area is 118 Å². The Balaban J connectivity index is 2.25. The largest absolute Gasteiger partial charge is 0.313 e. The standard InChI is InChI=1S/C15H30N4/c1-4-15(17,13-16)9-7-10-18(3)12-14-8-6-11-19(14)5-2/h14H,4-12,17H2,1-3H3. The third kappa shape index (κ3) is 5.10. The van der Waals surface area contributed by atoms with E-state index in [0.717, 1.165) is 44.9 Å². The molecule has 0 saturated carbocycles. The molecule has 1 aliphatic rings. The van der Waals surface area contributed by atoms with Gasteiger partial charge in [-0.1, -0.05) is 13.8 Å². The highest BCUT2D eigenvalue weighted by Gasteiger charge is 2.25. The Bertz CT molecular complexity index is 299. The lowest BCUT2D eigenvalue weighted by Gasteiger charge is -2.28. The van der Waals surface area contributed by atoms with Crippen LogP contribution < -0.4 is 5.73 Å². The summed E-state index contributed by atoms with van der Waals surface area (Å²) in [5.41, 5.74) is 5.38. The summed E-state index contributed by atoms with van der Waals surface area (Å²) in [4.78, 5) is 4.97. The fourth-order valence-electron chi connectivity index (χ4n) is 2.95. The van der Waals surface area contributed by atoms with Gasteiger partial charge in [-0.05, 0) is 58.8 Å². The molecule has 4 heteroatoms. The zero-order chi connectivity index (χ0) is 14.3. The minimum atomic E-state index is -0.621. The normalized spacial score (nSPS) is 23.5. The summed E-state index contributed by atoms with van der Waals surface area (Å²) in [7, 11) is 2.18. The van der Waals surface area contributed by atoms with Crippen LogP contribution in [0.5, 0.6) is 0 Å². The third-order valence-electron chi connectivity index (χ3n) is 4.44. The van der Waals surface area contributed by atoms with Gasteiger partial charge in [-0.2, -0.15) is 5.26 Å². The lowest BCUT2D eigenvalue weighted by Crippen LogP contribution is -2.40. The second kappa shape index (κ2) is 7.84. The third-order valence-corrected chi connectivity index (χ3v) is 4.44. The molecule has 0 aliphatic carbocycles. The van der Waals surface area contributed by atoms with Gasteiger partial charge in [-0.3, -0.25) is 4.90 Å². The molecule has 0 aromatic carbocycles. The Morgan fingerprint density at radius 2 is 2.21 bits per heavy atom. The summed E-state index contributed by atoms with van der Waals surface area (Å²) >= 11 is 0. The summed E-state index contributed by atoms with van der Waals surface area (Å²) in [6.45, 7) is 8.83. The van der Waals surface area contributed by atoms with Crippen LogP contribution in [0.4, 0.5) is 0 Å². The van der Waals surface area contributed by atoms with E-state index in [2.05, 4.69) is 29.8 Å². The van der Waals surface area contributed by atoms with Gasteiger partial charge in [-0.25, -0.2) is 0 Å². The number of likely N-dealkylation sites (tertiary alicyclic amines) is 1. The number of hydrogen-bond donors (Lipinski definition) is 1. The van der Waals surface area contributed by atoms with Crippen LogP contribution in [-0.4, -0.2) is 54.6 Å². The van der Waals surface area contributed by atoms with E-state index in [9.17, 15) is 0 Å². The maximum Gasteiger partial charge on any atom is 0.104 e. The molecule has 4 nitrogen and oxygen atoms in total. The molecule has 0 aromatic rings. The summed E-state index contributed by atoms with van der Waals surface area (Å²) in [6.07, 6.45) is 5.20. The highest BCUT2D eigenvalue weighted by atomic mass is 15.2. The minimum Gasteiger partial charge on any atom is -0.313 e. The van der Waals surface area contributed by atoms with Crippen molar-refractivity contribution >= 4 is 0 Å². The predicted molar refractivity (Wildman–Crippen MR) is 79.8 cm³/mol. The zero-order valence-electron chi connectivity index (χ0n) is 12.9. The van der Waals surface area contributed by atoms with E-state index in [-0.39, 0.29) is 0 Å². The molecular formula is C15H30N4. The van der Waals surface area contributed by atoms with E-state index in [1.807, 2.05) is 6.92 Å². The number of nitrogens with zero attached hydrogens (tertiary/aromatic N) is 3. The van der Waals surface area contributed by atoms with E-state index >= 15 is 0 Å². The van der Waals surface area contributed by atoms with Crippen LogP contribution >= 0.6 is 0 Å². The molecule has 110 valence electrons. The lowest BCUT2D eigenvalue weighted by atomic mass is 9.93. The molecule has 2 unspecified atom stereocenters. The van der Waals surface area contributed by atoms with Crippen LogP contribution in [0.2, 0.25) is 0 Å². The van der Waals surface area contributed by atoms with E-state index in [1.165, 1.54) is 19.4 Å². The van der Waals surface area contributed by atoms with Gasteiger partial charge in [0.25, 0.3) is 0 Å². The van der Waals surface area contributed by atoms with Crippen molar-refractivity contribution < 1.29 is 0 Å². The topological polar surface area (TPSA) is 56.3 Å². The zero-order valence-corrected chi connectivity index (χ0v) is 12.9. The van der Waals surface area contributed by atoms with Crippen LogP contribution in [0, 0.1) is 11.3 Å². The molecule has 0 spiro atoms. The smallest absolute Gasteiger partial charge is 0.104 e. The number of likely N-dealkylation sites (N-methyl/N-ethyl adjacent to an activating group) is 2. The Morgan fingerprint density at radius 1 is 1.47 bits per heavy atom. The number of nitrogens with two attached hydrogens (primary N) is 1. The Hall–Kier alpha value is -0.630. The van der Waals surface area contributed by atoms with Gasteiger partial charge in [0.2, 0.25) is 0 Å². The minimum absolute atomic E-state index is 0.621. The van der Waals surface area contributed by atoms with Crippen LogP contribution in [0.3, 0.4) is 0 Å². The first-order chi connectivity index (χ1) is 9.04. The molecule has 2 atom stereocenters. The highest BCUT2D eigenvalue weighted by Crippen LogP contribution is 2.18. The molecule has 0 aromatic heterocycles. The molecule has 0 radical (unpaired) electrons. The van der Waals surface area contributed by atoms with Crippen LogP contribution in [-0.2, 0) is 0 Å². The molecule has 1 aliphatic heterocycles. The van der Waals surface area contributed by atoms with Crippen molar-refractivity contribution in [3.05, 3.63) is 0 Å². The first-order valence-electron chi connectivity index (χ1n) is 7.67. The molecular weight excluding hydrogens is 236 g/mol. The van der Waals surface area contributed by atoms with Crippen LogP contribution in [0.25, 0.3) is 0 Å². The van der Waals surface area contributed by atoms with Gasteiger partial charge >= 0.3 is 0 Å². The molecule has 19 heavy (non-hydrogen) atoms. The van der Waals surface area contributed by atoms with E-state index in [4.69, 9.17) is 11.0 Å². The fraction of sp³-hybridized carbons (Fsp3) is 0.933. The lowest BCUT2D eigenvalue weighted by molar-refractivity contribution is 0.195. The maximum absolute atomic E-state index is 9.05. The summed E-state index contributed by atoms with van der Waals surface area (Å²) in [5.74, 6) is 0. The van der Waals surface area contributed by atoms with Gasteiger partial charge in [-0.15, -0.1) is 0 Å². The molecule has 1 saturated heterocycles. The highest BCUT2D eigenvalue weighted by molar-refractivity contribution is 5.03. The average Bonchev–Trinajstić information content (AvgIpc) is 2.85.